The fourth-order valence-electron chi connectivity index (χ4n) is 1.21. The van der Waals surface area contributed by atoms with Gasteiger partial charge in [0.25, 0.3) is 5.91 Å². The van der Waals surface area contributed by atoms with Crippen LogP contribution in [-0.4, -0.2) is 11.9 Å². The molecule has 0 radical (unpaired) electrons. The summed E-state index contributed by atoms with van der Waals surface area (Å²) in [7, 11) is 0. The first-order chi connectivity index (χ1) is 7.13. The average molecular weight is 202 g/mol. The largest absolute Gasteiger partial charge is 0.399 e. The minimum atomic E-state index is -0.148. The zero-order chi connectivity index (χ0) is 11.3. The molecule has 3 nitrogen and oxygen atoms in total. The fraction of sp³-hybridized carbons (Fsp3) is 0.250. The van der Waals surface area contributed by atoms with E-state index in [4.69, 9.17) is 12.2 Å². The smallest absolute Gasteiger partial charge is 0.251 e. The second kappa shape index (κ2) is 5.06. The van der Waals surface area contributed by atoms with Gasteiger partial charge in [0.05, 0.1) is 0 Å². The van der Waals surface area contributed by atoms with Crippen molar-refractivity contribution in [1.82, 2.24) is 5.32 Å². The number of carbonyl (C=O) groups excluding carboxylic acids is 1. The van der Waals surface area contributed by atoms with Gasteiger partial charge in [0.15, 0.2) is 0 Å². The topological polar surface area (TPSA) is 55.1 Å². The van der Waals surface area contributed by atoms with Gasteiger partial charge in [-0.25, -0.2) is 0 Å². The highest BCUT2D eigenvalue weighted by atomic mass is 16.1. The number of terminal acetylenes is 1. The zero-order valence-corrected chi connectivity index (χ0v) is 8.66. The van der Waals surface area contributed by atoms with Gasteiger partial charge in [-0.15, -0.1) is 12.3 Å². The molecule has 3 heteroatoms. The quantitative estimate of drug-likeness (QED) is 0.575. The number of nitrogens with two attached hydrogens (primary N) is 1. The van der Waals surface area contributed by atoms with Gasteiger partial charge in [-0.3, -0.25) is 4.79 Å². The van der Waals surface area contributed by atoms with Gasteiger partial charge < -0.3 is 11.1 Å². The summed E-state index contributed by atoms with van der Waals surface area (Å²) in [4.78, 5) is 11.6. The first-order valence-corrected chi connectivity index (χ1v) is 4.73. The van der Waals surface area contributed by atoms with Crippen LogP contribution in [0.2, 0.25) is 0 Å². The van der Waals surface area contributed by atoms with Crippen molar-refractivity contribution in [3.05, 3.63) is 29.8 Å². The van der Waals surface area contributed by atoms with E-state index in [2.05, 4.69) is 11.2 Å². The average Bonchev–Trinajstić information content (AvgIpc) is 2.18. The molecule has 0 saturated carbocycles. The molecule has 0 aromatic heterocycles. The van der Waals surface area contributed by atoms with E-state index in [-0.39, 0.29) is 11.9 Å². The highest BCUT2D eigenvalue weighted by molar-refractivity contribution is 5.95. The second-order valence-electron chi connectivity index (χ2n) is 3.41. The Hall–Kier alpha value is -1.95. The number of nitrogens with one attached hydrogen (secondary N) is 1. The van der Waals surface area contributed by atoms with Crippen LogP contribution in [0.3, 0.4) is 0 Å². The van der Waals surface area contributed by atoms with E-state index >= 15 is 0 Å². The van der Waals surface area contributed by atoms with Crippen LogP contribution in [0.1, 0.15) is 23.7 Å². The van der Waals surface area contributed by atoms with Crippen LogP contribution < -0.4 is 11.1 Å². The Morgan fingerprint density at radius 3 is 3.00 bits per heavy atom. The molecule has 1 amide bonds. The maximum atomic E-state index is 11.6. The molecular formula is C12H14N2O. The molecular weight excluding hydrogens is 188 g/mol. The third-order valence-corrected chi connectivity index (χ3v) is 1.95. The summed E-state index contributed by atoms with van der Waals surface area (Å²) in [5.74, 6) is 2.35. The molecule has 1 aromatic rings. The van der Waals surface area contributed by atoms with Crippen LogP contribution in [0, 0.1) is 12.3 Å². The Labute approximate surface area is 89.7 Å². The normalized spacial score (nSPS) is 11.5. The van der Waals surface area contributed by atoms with E-state index in [9.17, 15) is 4.79 Å². The lowest BCUT2D eigenvalue weighted by atomic mass is 10.1. The molecule has 78 valence electrons. The monoisotopic (exact) mass is 202 g/mol. The SMILES string of the molecule is C#CCC(C)NC(=O)c1cccc(N)c1. The zero-order valence-electron chi connectivity index (χ0n) is 8.66. The molecule has 1 rings (SSSR count). The van der Waals surface area contributed by atoms with Crippen LogP contribution in [0.4, 0.5) is 5.69 Å². The third kappa shape index (κ3) is 3.35. The number of amides is 1. The van der Waals surface area contributed by atoms with Crippen molar-refractivity contribution in [1.29, 1.82) is 0 Å². The van der Waals surface area contributed by atoms with Gasteiger partial charge in [0.2, 0.25) is 0 Å². The van der Waals surface area contributed by atoms with Crippen molar-refractivity contribution in [2.24, 2.45) is 0 Å². The minimum Gasteiger partial charge on any atom is -0.399 e. The molecule has 0 fully saturated rings. The number of carbonyl (C=O) groups is 1. The molecule has 3 N–H and O–H groups in total. The minimum absolute atomic E-state index is 0.0241. The number of rotatable bonds is 3. The van der Waals surface area contributed by atoms with E-state index in [0.29, 0.717) is 17.7 Å². The van der Waals surface area contributed by atoms with Crippen molar-refractivity contribution in [2.75, 3.05) is 5.73 Å². The molecule has 0 bridgehead atoms. The maximum absolute atomic E-state index is 11.6. The van der Waals surface area contributed by atoms with Crippen molar-refractivity contribution in [3.63, 3.8) is 0 Å². The summed E-state index contributed by atoms with van der Waals surface area (Å²) < 4.78 is 0. The van der Waals surface area contributed by atoms with Crippen molar-refractivity contribution in [3.8, 4) is 12.3 Å². The molecule has 15 heavy (non-hydrogen) atoms. The molecule has 0 aliphatic rings. The van der Waals surface area contributed by atoms with Gasteiger partial charge in [0.1, 0.15) is 0 Å². The van der Waals surface area contributed by atoms with Gasteiger partial charge in [-0.1, -0.05) is 6.07 Å². The second-order valence-corrected chi connectivity index (χ2v) is 3.41. The van der Waals surface area contributed by atoms with Crippen molar-refractivity contribution in [2.45, 2.75) is 19.4 Å². The van der Waals surface area contributed by atoms with E-state index in [1.54, 1.807) is 24.3 Å². The Bertz CT molecular complexity index is 393. The highest BCUT2D eigenvalue weighted by Crippen LogP contribution is 2.06. The summed E-state index contributed by atoms with van der Waals surface area (Å²) in [6, 6.07) is 6.81. The number of benzene rings is 1. The predicted octanol–water partition coefficient (Wildman–Crippen LogP) is 1.41. The lowest BCUT2D eigenvalue weighted by Crippen LogP contribution is -2.32. The molecule has 0 spiro atoms. The molecule has 1 aromatic carbocycles. The fourth-order valence-corrected chi connectivity index (χ4v) is 1.21. The molecule has 0 aliphatic carbocycles. The predicted molar refractivity (Wildman–Crippen MR) is 61.2 cm³/mol. The van der Waals surface area contributed by atoms with Crippen LogP contribution in [0.5, 0.6) is 0 Å². The summed E-state index contributed by atoms with van der Waals surface area (Å²) in [6.07, 6.45) is 5.67. The van der Waals surface area contributed by atoms with Crippen LogP contribution in [0.15, 0.2) is 24.3 Å². The van der Waals surface area contributed by atoms with Crippen molar-refractivity contribution < 1.29 is 4.79 Å². The van der Waals surface area contributed by atoms with Gasteiger partial charge in [-0.2, -0.15) is 0 Å². The molecule has 1 atom stereocenters. The molecule has 0 heterocycles. The van der Waals surface area contributed by atoms with E-state index in [1.165, 1.54) is 0 Å². The van der Waals surface area contributed by atoms with E-state index in [1.807, 2.05) is 6.92 Å². The number of hydrogen-bond acceptors (Lipinski definition) is 2. The number of hydrogen-bond donors (Lipinski definition) is 2. The Balaban J connectivity index is 2.66. The Kier molecular flexibility index (Phi) is 3.75. The number of anilines is 1. The summed E-state index contributed by atoms with van der Waals surface area (Å²) in [5.41, 5.74) is 6.70. The maximum Gasteiger partial charge on any atom is 0.251 e. The Morgan fingerprint density at radius 1 is 1.67 bits per heavy atom. The third-order valence-electron chi connectivity index (χ3n) is 1.95. The lowest BCUT2D eigenvalue weighted by molar-refractivity contribution is 0.0941. The molecule has 0 aliphatic heterocycles. The lowest BCUT2D eigenvalue weighted by Gasteiger charge is -2.10. The Morgan fingerprint density at radius 2 is 2.40 bits per heavy atom. The standard InChI is InChI=1S/C12H14N2O/c1-3-5-9(2)14-12(15)10-6-4-7-11(13)8-10/h1,4,6-9H,5,13H2,2H3,(H,14,15). The van der Waals surface area contributed by atoms with Gasteiger partial charge >= 0.3 is 0 Å². The first-order valence-electron chi connectivity index (χ1n) is 4.73. The van der Waals surface area contributed by atoms with Crippen LogP contribution >= 0.6 is 0 Å². The molecule has 0 saturated heterocycles. The summed E-state index contributed by atoms with van der Waals surface area (Å²) >= 11 is 0. The van der Waals surface area contributed by atoms with Crippen molar-refractivity contribution >= 4 is 11.6 Å². The highest BCUT2D eigenvalue weighted by Gasteiger charge is 2.08. The summed E-state index contributed by atoms with van der Waals surface area (Å²) in [5, 5.41) is 2.79. The van der Waals surface area contributed by atoms with Gasteiger partial charge in [-0.05, 0) is 25.1 Å². The van der Waals surface area contributed by atoms with Crippen LogP contribution in [-0.2, 0) is 0 Å². The number of nitrogen functional groups attached to an aromatic ring is 1. The summed E-state index contributed by atoms with van der Waals surface area (Å²) in [6.45, 7) is 1.87. The van der Waals surface area contributed by atoms with Gasteiger partial charge in [0, 0.05) is 23.7 Å². The van der Waals surface area contributed by atoms with Crippen LogP contribution in [0.25, 0.3) is 0 Å². The van der Waals surface area contributed by atoms with E-state index in [0.717, 1.165) is 0 Å². The van der Waals surface area contributed by atoms with E-state index < -0.39 is 0 Å². The molecule has 1 unspecified atom stereocenters. The first kappa shape index (κ1) is 11.1.